The number of benzene rings is 1. The summed E-state index contributed by atoms with van der Waals surface area (Å²) < 4.78 is 29.5. The van der Waals surface area contributed by atoms with E-state index >= 15 is 0 Å². The van der Waals surface area contributed by atoms with Crippen LogP contribution >= 0.6 is 0 Å². The van der Waals surface area contributed by atoms with E-state index in [-0.39, 0.29) is 17.3 Å². The van der Waals surface area contributed by atoms with Crippen molar-refractivity contribution < 1.29 is 13.2 Å². The van der Waals surface area contributed by atoms with Gasteiger partial charge in [-0.05, 0) is 48.6 Å². The van der Waals surface area contributed by atoms with Gasteiger partial charge >= 0.3 is 0 Å². The Morgan fingerprint density at radius 1 is 0.886 bits per heavy atom. The molecule has 2 fully saturated rings. The van der Waals surface area contributed by atoms with Gasteiger partial charge in [0.15, 0.2) is 0 Å². The molecule has 2 aliphatic rings. The van der Waals surface area contributed by atoms with E-state index in [9.17, 15) is 13.2 Å². The lowest BCUT2D eigenvalue weighted by molar-refractivity contribution is -0.134. The number of anilines is 1. The first-order valence-electron chi connectivity index (χ1n) is 12.0. The Morgan fingerprint density at radius 2 is 1.63 bits per heavy atom. The highest BCUT2D eigenvalue weighted by molar-refractivity contribution is 7.89. The van der Waals surface area contributed by atoms with E-state index in [0.29, 0.717) is 32.1 Å². The molecule has 2 saturated heterocycles. The lowest BCUT2D eigenvalue weighted by Crippen LogP contribution is -2.53. The Kier molecular flexibility index (Phi) is 6.83. The molecule has 35 heavy (non-hydrogen) atoms. The number of carbonyl (C=O) groups excluding carboxylic acids is 1. The number of carbonyl (C=O) groups is 1. The number of amides is 1. The monoisotopic (exact) mass is 494 g/mol. The minimum Gasteiger partial charge on any atom is -0.371 e. The Balaban J connectivity index is 1.14. The quantitative estimate of drug-likeness (QED) is 0.500. The van der Waals surface area contributed by atoms with Crippen molar-refractivity contribution in [2.75, 3.05) is 44.2 Å². The molecule has 0 spiro atoms. The minimum absolute atomic E-state index is 0.102. The first-order valence-corrected chi connectivity index (χ1v) is 13.4. The third-order valence-electron chi connectivity index (χ3n) is 6.89. The summed E-state index contributed by atoms with van der Waals surface area (Å²) >= 11 is 0. The van der Waals surface area contributed by atoms with E-state index in [1.54, 1.807) is 24.7 Å². The van der Waals surface area contributed by atoms with E-state index in [1.165, 1.54) is 9.99 Å². The van der Waals surface area contributed by atoms with Gasteiger partial charge in [0, 0.05) is 69.7 Å². The first-order chi connectivity index (χ1) is 17.0. The third kappa shape index (κ3) is 5.38. The smallest absolute Gasteiger partial charge is 0.243 e. The lowest BCUT2D eigenvalue weighted by Gasteiger charge is -2.38. The molecule has 1 amide bonds. The second-order valence-corrected chi connectivity index (χ2v) is 11.1. The number of rotatable bonds is 7. The van der Waals surface area contributed by atoms with Gasteiger partial charge in [0.2, 0.25) is 15.9 Å². The molecule has 1 aromatic carbocycles. The van der Waals surface area contributed by atoms with Gasteiger partial charge in [-0.1, -0.05) is 12.1 Å². The number of hydrogen-bond donors (Lipinski definition) is 0. The number of piperazine rings is 1. The second kappa shape index (κ2) is 10.2. The van der Waals surface area contributed by atoms with Gasteiger partial charge in [0.25, 0.3) is 0 Å². The molecule has 5 rings (SSSR count). The molecule has 4 heterocycles. The van der Waals surface area contributed by atoms with E-state index in [2.05, 4.69) is 14.9 Å². The van der Waals surface area contributed by atoms with Gasteiger partial charge in [-0.2, -0.15) is 4.31 Å². The van der Waals surface area contributed by atoms with Crippen LogP contribution in [-0.4, -0.2) is 77.3 Å². The Labute approximate surface area is 206 Å². The van der Waals surface area contributed by atoms with Crippen LogP contribution in [0.4, 0.5) is 5.69 Å². The molecule has 9 nitrogen and oxygen atoms in total. The zero-order valence-corrected chi connectivity index (χ0v) is 20.4. The molecule has 2 aliphatic heterocycles. The molecule has 2 aromatic heterocycles. The molecular formula is C25H30N6O3S. The van der Waals surface area contributed by atoms with Crippen molar-refractivity contribution in [3.63, 3.8) is 0 Å². The van der Waals surface area contributed by atoms with Gasteiger partial charge in [0.1, 0.15) is 0 Å². The molecule has 184 valence electrons. The maximum Gasteiger partial charge on any atom is 0.243 e. The Hall–Kier alpha value is -3.24. The topological polar surface area (TPSA) is 91.6 Å². The summed E-state index contributed by atoms with van der Waals surface area (Å²) in [6.45, 7) is 3.87. The summed E-state index contributed by atoms with van der Waals surface area (Å²) in [5.74, 6) is 0.316. The van der Waals surface area contributed by atoms with Crippen molar-refractivity contribution in [1.29, 1.82) is 0 Å². The predicted octanol–water partition coefficient (Wildman–Crippen LogP) is 2.08. The van der Waals surface area contributed by atoms with Gasteiger partial charge in [0.05, 0.1) is 17.8 Å². The fourth-order valence-electron chi connectivity index (χ4n) is 4.83. The van der Waals surface area contributed by atoms with Gasteiger partial charge in [-0.3, -0.25) is 9.78 Å². The highest BCUT2D eigenvalue weighted by Crippen LogP contribution is 2.25. The van der Waals surface area contributed by atoms with Crippen LogP contribution in [0.1, 0.15) is 18.4 Å². The van der Waals surface area contributed by atoms with Crippen molar-refractivity contribution in [3.05, 3.63) is 73.1 Å². The Bertz CT molecular complexity index is 1220. The number of sulfonamides is 1. The third-order valence-corrected chi connectivity index (χ3v) is 8.75. The van der Waals surface area contributed by atoms with Gasteiger partial charge in [-0.15, -0.1) is 0 Å². The largest absolute Gasteiger partial charge is 0.371 e. The summed E-state index contributed by atoms with van der Waals surface area (Å²) in [5, 5.41) is 0. The normalized spacial score (nSPS) is 18.2. The maximum absolute atomic E-state index is 13.2. The number of nitrogens with zero attached hydrogens (tertiary/aromatic N) is 6. The van der Waals surface area contributed by atoms with Gasteiger partial charge in [-0.25, -0.2) is 13.4 Å². The molecule has 10 heteroatoms. The fourth-order valence-corrected chi connectivity index (χ4v) is 6.21. The molecule has 0 aliphatic carbocycles. The first kappa shape index (κ1) is 23.5. The van der Waals surface area contributed by atoms with E-state index < -0.39 is 10.0 Å². The SMILES string of the molecule is O=C1CN(S(=O)(=O)c2ccc(Cn3ccnc3)cc2)CCN1CC1CCN(c2ccncc2)CC1. The highest BCUT2D eigenvalue weighted by atomic mass is 32.2. The standard InChI is InChI=1S/C25H30N6O3S/c32-25-19-31(35(33,34)24-3-1-21(2-4-24)17-28-14-11-27-20-28)16-15-30(25)18-22-7-12-29(13-8-22)23-5-9-26-10-6-23/h1-6,9-11,14,20,22H,7-8,12-13,15-19H2. The fraction of sp³-hybridized carbons (Fsp3) is 0.400. The van der Waals surface area contributed by atoms with Crippen LogP contribution in [0.3, 0.4) is 0 Å². The van der Waals surface area contributed by atoms with Crippen LogP contribution in [0.2, 0.25) is 0 Å². The molecule has 0 atom stereocenters. The predicted molar refractivity (Wildman–Crippen MR) is 132 cm³/mol. The number of imidazole rings is 1. The average molecular weight is 495 g/mol. The van der Waals surface area contributed by atoms with Crippen LogP contribution in [0.15, 0.2) is 72.4 Å². The second-order valence-electron chi connectivity index (χ2n) is 9.19. The minimum atomic E-state index is -3.71. The molecule has 0 N–H and O–H groups in total. The van der Waals surface area contributed by atoms with E-state index in [4.69, 9.17) is 0 Å². The maximum atomic E-state index is 13.2. The number of aromatic nitrogens is 3. The number of piperidine rings is 1. The summed E-state index contributed by atoms with van der Waals surface area (Å²) in [7, 11) is -3.71. The summed E-state index contributed by atoms with van der Waals surface area (Å²) in [5.41, 5.74) is 2.17. The van der Waals surface area contributed by atoms with E-state index in [1.807, 2.05) is 52.3 Å². The van der Waals surface area contributed by atoms with Crippen molar-refractivity contribution in [2.24, 2.45) is 5.92 Å². The van der Waals surface area contributed by atoms with Crippen molar-refractivity contribution in [1.82, 2.24) is 23.7 Å². The zero-order chi connectivity index (χ0) is 24.3. The zero-order valence-electron chi connectivity index (χ0n) is 19.6. The van der Waals surface area contributed by atoms with Crippen molar-refractivity contribution in [2.45, 2.75) is 24.3 Å². The number of pyridine rings is 1. The van der Waals surface area contributed by atoms with Crippen molar-refractivity contribution in [3.8, 4) is 0 Å². The summed E-state index contributed by atoms with van der Waals surface area (Å²) in [6, 6.07) is 10.9. The molecule has 0 radical (unpaired) electrons. The van der Waals surface area contributed by atoms with Crippen LogP contribution in [0.5, 0.6) is 0 Å². The van der Waals surface area contributed by atoms with Gasteiger partial charge < -0.3 is 14.4 Å². The molecular weight excluding hydrogens is 464 g/mol. The van der Waals surface area contributed by atoms with Crippen molar-refractivity contribution >= 4 is 21.6 Å². The highest BCUT2D eigenvalue weighted by Gasteiger charge is 2.34. The molecule has 3 aromatic rings. The summed E-state index contributed by atoms with van der Waals surface area (Å²) in [6.07, 6.45) is 10.9. The Morgan fingerprint density at radius 3 is 2.29 bits per heavy atom. The molecule has 0 saturated carbocycles. The average Bonchev–Trinajstić information content (AvgIpc) is 3.40. The molecule has 0 unspecified atom stereocenters. The van der Waals surface area contributed by atoms with Crippen LogP contribution in [0, 0.1) is 5.92 Å². The lowest BCUT2D eigenvalue weighted by atomic mass is 9.95. The van der Waals surface area contributed by atoms with Crippen LogP contribution < -0.4 is 4.90 Å². The summed E-state index contributed by atoms with van der Waals surface area (Å²) in [4.78, 5) is 25.4. The molecule has 0 bridgehead atoms. The van der Waals surface area contributed by atoms with E-state index in [0.717, 1.165) is 31.5 Å². The van der Waals surface area contributed by atoms with Crippen LogP contribution in [0.25, 0.3) is 0 Å². The van der Waals surface area contributed by atoms with Crippen LogP contribution in [-0.2, 0) is 21.4 Å². The number of hydrogen-bond acceptors (Lipinski definition) is 6.